The number of carbonyl (C=O) groups is 1. The lowest BCUT2D eigenvalue weighted by Gasteiger charge is -2.44. The van der Waals surface area contributed by atoms with Gasteiger partial charge in [0.1, 0.15) is 0 Å². The van der Waals surface area contributed by atoms with Crippen LogP contribution in [0.2, 0.25) is 0 Å². The Hall–Kier alpha value is -2.23. The number of rotatable bonds is 2. The third-order valence-electron chi connectivity index (χ3n) is 5.43. The number of hydrogen-bond acceptors (Lipinski definition) is 3. The predicted octanol–water partition coefficient (Wildman–Crippen LogP) is 3.94. The molecule has 1 saturated carbocycles. The molecule has 2 atom stereocenters. The molecule has 4 nitrogen and oxygen atoms in total. The Kier molecular flexibility index (Phi) is 4.28. The summed E-state index contributed by atoms with van der Waals surface area (Å²) in [6, 6.07) is 10.3. The second-order valence-corrected chi connectivity index (χ2v) is 6.91. The zero-order chi connectivity index (χ0) is 16.4. The van der Waals surface area contributed by atoms with Gasteiger partial charge in [0, 0.05) is 30.5 Å². The Morgan fingerprint density at radius 3 is 2.46 bits per heavy atom. The predicted molar refractivity (Wildman–Crippen MR) is 93.5 cm³/mol. The van der Waals surface area contributed by atoms with Gasteiger partial charge in [-0.3, -0.25) is 4.79 Å². The number of carbonyl (C=O) groups excluding carboxylic acids is 1. The number of aromatic nitrogens is 2. The van der Waals surface area contributed by atoms with Crippen molar-refractivity contribution in [3.05, 3.63) is 48.3 Å². The fraction of sp³-hybridized carbons (Fsp3) is 0.450. The molecule has 1 aliphatic heterocycles. The first-order valence-electron chi connectivity index (χ1n) is 9.01. The van der Waals surface area contributed by atoms with Gasteiger partial charge in [-0.15, -0.1) is 0 Å². The summed E-state index contributed by atoms with van der Waals surface area (Å²) in [7, 11) is 0. The van der Waals surface area contributed by atoms with E-state index in [9.17, 15) is 4.79 Å². The van der Waals surface area contributed by atoms with Crippen LogP contribution in [-0.4, -0.2) is 33.4 Å². The number of nitrogens with zero attached hydrogens (tertiary/aromatic N) is 3. The van der Waals surface area contributed by atoms with Crippen molar-refractivity contribution in [2.75, 3.05) is 6.54 Å². The number of likely N-dealkylation sites (tertiary alicyclic amines) is 1. The fourth-order valence-corrected chi connectivity index (χ4v) is 4.22. The van der Waals surface area contributed by atoms with E-state index in [0.717, 1.165) is 24.9 Å². The zero-order valence-corrected chi connectivity index (χ0v) is 13.9. The van der Waals surface area contributed by atoms with E-state index in [1.165, 1.54) is 25.7 Å². The van der Waals surface area contributed by atoms with Crippen LogP contribution in [0.3, 0.4) is 0 Å². The van der Waals surface area contributed by atoms with Gasteiger partial charge in [0.15, 0.2) is 5.82 Å². The molecule has 2 fully saturated rings. The lowest BCUT2D eigenvalue weighted by molar-refractivity contribution is 0.0390. The maximum Gasteiger partial charge on any atom is 0.257 e. The molecule has 124 valence electrons. The summed E-state index contributed by atoms with van der Waals surface area (Å²) in [5.41, 5.74) is 1.59. The van der Waals surface area contributed by atoms with Gasteiger partial charge in [-0.1, -0.05) is 43.2 Å². The Labute approximate surface area is 142 Å². The first-order chi connectivity index (χ1) is 11.8. The summed E-state index contributed by atoms with van der Waals surface area (Å²) < 4.78 is 0. The van der Waals surface area contributed by atoms with Gasteiger partial charge in [0.05, 0.1) is 5.56 Å². The largest absolute Gasteiger partial charge is 0.335 e. The molecular weight excluding hydrogens is 298 g/mol. The lowest BCUT2D eigenvalue weighted by atomic mass is 9.78. The van der Waals surface area contributed by atoms with Crippen LogP contribution in [0.15, 0.2) is 42.7 Å². The molecule has 1 saturated heterocycles. The quantitative estimate of drug-likeness (QED) is 0.841. The molecule has 1 amide bonds. The highest BCUT2D eigenvalue weighted by Crippen LogP contribution is 2.35. The molecule has 4 heteroatoms. The molecule has 0 N–H and O–H groups in total. The van der Waals surface area contributed by atoms with Crippen LogP contribution >= 0.6 is 0 Å². The first-order valence-corrected chi connectivity index (χ1v) is 9.01. The Balaban J connectivity index is 1.53. The van der Waals surface area contributed by atoms with Gasteiger partial charge in [0.25, 0.3) is 5.91 Å². The summed E-state index contributed by atoms with van der Waals surface area (Å²) in [6.45, 7) is 0.875. The topological polar surface area (TPSA) is 46.1 Å². The van der Waals surface area contributed by atoms with Crippen LogP contribution in [-0.2, 0) is 0 Å². The van der Waals surface area contributed by atoms with Crippen molar-refractivity contribution in [1.82, 2.24) is 14.9 Å². The van der Waals surface area contributed by atoms with Crippen LogP contribution in [0.1, 0.15) is 48.9 Å². The molecule has 0 unspecified atom stereocenters. The average Bonchev–Trinajstić information content (AvgIpc) is 2.68. The van der Waals surface area contributed by atoms with Crippen LogP contribution in [0, 0.1) is 5.92 Å². The van der Waals surface area contributed by atoms with E-state index in [4.69, 9.17) is 0 Å². The van der Waals surface area contributed by atoms with E-state index < -0.39 is 0 Å². The van der Waals surface area contributed by atoms with E-state index in [1.807, 2.05) is 30.3 Å². The van der Waals surface area contributed by atoms with E-state index >= 15 is 0 Å². The smallest absolute Gasteiger partial charge is 0.257 e. The maximum atomic E-state index is 12.9. The minimum absolute atomic E-state index is 0.103. The molecule has 2 aliphatic rings. The van der Waals surface area contributed by atoms with Crippen molar-refractivity contribution in [1.29, 1.82) is 0 Å². The molecule has 0 radical (unpaired) electrons. The van der Waals surface area contributed by atoms with Gasteiger partial charge in [-0.2, -0.15) is 0 Å². The summed E-state index contributed by atoms with van der Waals surface area (Å²) in [5, 5.41) is 0. The normalized spacial score (nSPS) is 23.6. The molecule has 0 spiro atoms. The van der Waals surface area contributed by atoms with Crippen molar-refractivity contribution in [2.24, 2.45) is 5.92 Å². The standard InChI is InChI=1S/C20H23N3O/c24-20(23-12-6-10-15-7-4-5-11-18(15)23)17-13-21-19(22-14-17)16-8-2-1-3-9-16/h1-3,8-9,13-15,18H,4-7,10-12H2/t15-,18+/m1/s1. The molecule has 0 bridgehead atoms. The molecule has 1 aromatic carbocycles. The number of fused-ring (bicyclic) bond motifs is 1. The summed E-state index contributed by atoms with van der Waals surface area (Å²) in [6.07, 6.45) is 10.8. The van der Waals surface area contributed by atoms with Gasteiger partial charge in [-0.25, -0.2) is 9.97 Å². The second-order valence-electron chi connectivity index (χ2n) is 6.91. The van der Waals surface area contributed by atoms with Gasteiger partial charge in [0.2, 0.25) is 0 Å². The van der Waals surface area contributed by atoms with Crippen molar-refractivity contribution < 1.29 is 4.79 Å². The highest BCUT2D eigenvalue weighted by Gasteiger charge is 2.36. The molecule has 1 aromatic heterocycles. The highest BCUT2D eigenvalue weighted by molar-refractivity contribution is 5.94. The average molecular weight is 321 g/mol. The number of hydrogen-bond donors (Lipinski definition) is 0. The third kappa shape index (κ3) is 2.93. The molecule has 1 aliphatic carbocycles. The number of piperidine rings is 1. The van der Waals surface area contributed by atoms with Crippen molar-refractivity contribution in [2.45, 2.75) is 44.6 Å². The Bertz CT molecular complexity index is 697. The second kappa shape index (κ2) is 6.71. The van der Waals surface area contributed by atoms with E-state index in [1.54, 1.807) is 12.4 Å². The van der Waals surface area contributed by atoms with E-state index in [0.29, 0.717) is 23.3 Å². The SMILES string of the molecule is O=C(c1cnc(-c2ccccc2)nc1)N1CCC[C@H]2CCCC[C@@H]21. The van der Waals surface area contributed by atoms with Gasteiger partial charge in [-0.05, 0) is 31.6 Å². The zero-order valence-electron chi connectivity index (χ0n) is 13.9. The summed E-state index contributed by atoms with van der Waals surface area (Å²) >= 11 is 0. The minimum Gasteiger partial charge on any atom is -0.335 e. The van der Waals surface area contributed by atoms with Crippen LogP contribution in [0.25, 0.3) is 11.4 Å². The van der Waals surface area contributed by atoms with Crippen LogP contribution < -0.4 is 0 Å². The molecule has 24 heavy (non-hydrogen) atoms. The van der Waals surface area contributed by atoms with Crippen molar-refractivity contribution >= 4 is 5.91 Å². The maximum absolute atomic E-state index is 12.9. The third-order valence-corrected chi connectivity index (χ3v) is 5.43. The molecule has 2 aromatic rings. The summed E-state index contributed by atoms with van der Waals surface area (Å²) in [5.74, 6) is 1.47. The van der Waals surface area contributed by atoms with Gasteiger partial charge < -0.3 is 4.90 Å². The minimum atomic E-state index is 0.103. The first kappa shape index (κ1) is 15.3. The number of benzene rings is 1. The van der Waals surface area contributed by atoms with Gasteiger partial charge >= 0.3 is 0 Å². The van der Waals surface area contributed by atoms with Crippen molar-refractivity contribution in [3.63, 3.8) is 0 Å². The van der Waals surface area contributed by atoms with E-state index in [-0.39, 0.29) is 5.91 Å². The number of amides is 1. The lowest BCUT2D eigenvalue weighted by Crippen LogP contribution is -2.49. The van der Waals surface area contributed by atoms with Crippen LogP contribution in [0.4, 0.5) is 0 Å². The van der Waals surface area contributed by atoms with E-state index in [2.05, 4.69) is 14.9 Å². The Morgan fingerprint density at radius 1 is 0.958 bits per heavy atom. The summed E-state index contributed by atoms with van der Waals surface area (Å²) in [4.78, 5) is 23.9. The van der Waals surface area contributed by atoms with Crippen LogP contribution in [0.5, 0.6) is 0 Å². The monoisotopic (exact) mass is 321 g/mol. The highest BCUT2D eigenvalue weighted by atomic mass is 16.2. The molecular formula is C20H23N3O. The Morgan fingerprint density at radius 2 is 1.67 bits per heavy atom. The van der Waals surface area contributed by atoms with Crippen molar-refractivity contribution in [3.8, 4) is 11.4 Å². The fourth-order valence-electron chi connectivity index (χ4n) is 4.22. The molecule has 2 heterocycles. The molecule has 4 rings (SSSR count).